The molecule has 4 heteroatoms. The van der Waals surface area contributed by atoms with Crippen LogP contribution in [0.15, 0.2) is 48.5 Å². The highest BCUT2D eigenvalue weighted by Gasteiger charge is 2.30. The molecule has 142 valence electrons. The number of amides is 2. The molecule has 0 aliphatic carbocycles. The smallest absolute Gasteiger partial charge is 0.229 e. The van der Waals surface area contributed by atoms with E-state index in [0.29, 0.717) is 18.9 Å². The van der Waals surface area contributed by atoms with Gasteiger partial charge >= 0.3 is 0 Å². The molecule has 0 fully saturated rings. The van der Waals surface area contributed by atoms with Gasteiger partial charge in [-0.25, -0.2) is 0 Å². The van der Waals surface area contributed by atoms with Crippen molar-refractivity contribution in [3.8, 4) is 0 Å². The van der Waals surface area contributed by atoms with Gasteiger partial charge in [-0.3, -0.25) is 9.59 Å². The molecule has 0 aromatic heterocycles. The Bertz CT molecular complexity index is 827. The Morgan fingerprint density at radius 3 is 2.41 bits per heavy atom. The Hall–Kier alpha value is -2.62. The van der Waals surface area contributed by atoms with Gasteiger partial charge in [0.05, 0.1) is 0 Å². The van der Waals surface area contributed by atoms with E-state index < -0.39 is 0 Å². The largest absolute Gasteiger partial charge is 0.312 e. The van der Waals surface area contributed by atoms with E-state index in [9.17, 15) is 9.59 Å². The lowest BCUT2D eigenvalue weighted by Gasteiger charge is -2.26. The number of rotatable bonds is 5. The Morgan fingerprint density at radius 2 is 1.78 bits per heavy atom. The third kappa shape index (κ3) is 4.05. The van der Waals surface area contributed by atoms with E-state index in [1.165, 1.54) is 11.1 Å². The minimum atomic E-state index is -0.0463. The summed E-state index contributed by atoms with van der Waals surface area (Å²) in [4.78, 5) is 28.6. The molecule has 0 radical (unpaired) electrons. The number of nitrogens with zero attached hydrogens (tertiary/aromatic N) is 2. The Balaban J connectivity index is 1.71. The van der Waals surface area contributed by atoms with Crippen molar-refractivity contribution in [1.82, 2.24) is 0 Å². The molecule has 2 aromatic rings. The number of fused-ring (bicyclic) bond motifs is 1. The molecule has 1 aliphatic heterocycles. The SMILES string of the molecule is CC(=O)N(CCC(=O)N1c2ccccc2CC1C)c1ccc(C(C)C)cc1. The van der Waals surface area contributed by atoms with Crippen molar-refractivity contribution < 1.29 is 9.59 Å². The molecular weight excluding hydrogens is 336 g/mol. The molecule has 0 N–H and O–H groups in total. The predicted molar refractivity (Wildman–Crippen MR) is 110 cm³/mol. The Labute approximate surface area is 161 Å². The van der Waals surface area contributed by atoms with Gasteiger partial charge < -0.3 is 9.80 Å². The topological polar surface area (TPSA) is 40.6 Å². The number of carbonyl (C=O) groups excluding carboxylic acids is 2. The maximum Gasteiger partial charge on any atom is 0.229 e. The molecule has 1 atom stereocenters. The Morgan fingerprint density at radius 1 is 1.11 bits per heavy atom. The fourth-order valence-corrected chi connectivity index (χ4v) is 3.78. The van der Waals surface area contributed by atoms with Crippen molar-refractivity contribution in [1.29, 1.82) is 0 Å². The maximum absolute atomic E-state index is 12.9. The molecule has 2 aromatic carbocycles. The molecule has 2 amide bonds. The standard InChI is InChI=1S/C23H28N2O2/c1-16(2)19-9-11-21(12-10-19)24(18(4)26)14-13-23(27)25-17(3)15-20-7-5-6-8-22(20)25/h5-12,16-17H,13-15H2,1-4H3. The van der Waals surface area contributed by atoms with Crippen LogP contribution in [0.5, 0.6) is 0 Å². The van der Waals surface area contributed by atoms with Gasteiger partial charge in [0.15, 0.2) is 0 Å². The van der Waals surface area contributed by atoms with Gasteiger partial charge in [0.2, 0.25) is 11.8 Å². The molecule has 0 bridgehead atoms. The van der Waals surface area contributed by atoms with Crippen molar-refractivity contribution in [3.05, 3.63) is 59.7 Å². The van der Waals surface area contributed by atoms with E-state index in [1.54, 1.807) is 11.8 Å². The predicted octanol–water partition coefficient (Wildman–Crippen LogP) is 4.53. The molecule has 0 spiro atoms. The highest BCUT2D eigenvalue weighted by atomic mass is 16.2. The van der Waals surface area contributed by atoms with Gasteiger partial charge in [0.1, 0.15) is 0 Å². The van der Waals surface area contributed by atoms with Crippen molar-refractivity contribution in [2.75, 3.05) is 16.3 Å². The normalized spacial score (nSPS) is 15.7. The highest BCUT2D eigenvalue weighted by Crippen LogP contribution is 2.32. The van der Waals surface area contributed by atoms with Gasteiger partial charge in [0.25, 0.3) is 0 Å². The first kappa shape index (κ1) is 19.2. The second-order valence-corrected chi connectivity index (χ2v) is 7.61. The first-order valence-corrected chi connectivity index (χ1v) is 9.66. The lowest BCUT2D eigenvalue weighted by Crippen LogP contribution is -2.39. The monoisotopic (exact) mass is 364 g/mol. The maximum atomic E-state index is 12.9. The summed E-state index contributed by atoms with van der Waals surface area (Å²) in [6, 6.07) is 16.3. The summed E-state index contributed by atoms with van der Waals surface area (Å²) in [5.41, 5.74) is 4.30. The lowest BCUT2D eigenvalue weighted by atomic mass is 10.0. The van der Waals surface area contributed by atoms with Crippen LogP contribution in [-0.4, -0.2) is 24.4 Å². The van der Waals surface area contributed by atoms with Gasteiger partial charge in [0, 0.05) is 37.3 Å². The van der Waals surface area contributed by atoms with Crippen LogP contribution < -0.4 is 9.80 Å². The molecule has 1 aliphatic rings. The van der Waals surface area contributed by atoms with Crippen LogP contribution >= 0.6 is 0 Å². The van der Waals surface area contributed by atoms with Gasteiger partial charge in [-0.1, -0.05) is 44.2 Å². The summed E-state index contributed by atoms with van der Waals surface area (Å²) in [5.74, 6) is 0.468. The minimum Gasteiger partial charge on any atom is -0.312 e. The van der Waals surface area contributed by atoms with Crippen molar-refractivity contribution in [2.45, 2.75) is 52.5 Å². The van der Waals surface area contributed by atoms with E-state index in [4.69, 9.17) is 0 Å². The van der Waals surface area contributed by atoms with Crippen molar-refractivity contribution in [2.24, 2.45) is 0 Å². The van der Waals surface area contributed by atoms with Crippen LogP contribution in [0.3, 0.4) is 0 Å². The summed E-state index contributed by atoms with van der Waals surface area (Å²) in [5, 5.41) is 0. The molecule has 1 heterocycles. The number of benzene rings is 2. The number of hydrogen-bond donors (Lipinski definition) is 0. The molecule has 1 unspecified atom stereocenters. The van der Waals surface area contributed by atoms with E-state index in [1.807, 2.05) is 35.2 Å². The van der Waals surface area contributed by atoms with Gasteiger partial charge in [-0.05, 0) is 48.6 Å². The molecule has 27 heavy (non-hydrogen) atoms. The summed E-state index contributed by atoms with van der Waals surface area (Å²) in [6.07, 6.45) is 1.19. The first-order chi connectivity index (χ1) is 12.9. The zero-order valence-corrected chi connectivity index (χ0v) is 16.6. The average molecular weight is 364 g/mol. The third-order valence-electron chi connectivity index (χ3n) is 5.28. The zero-order chi connectivity index (χ0) is 19.6. The zero-order valence-electron chi connectivity index (χ0n) is 16.6. The summed E-state index contributed by atoms with van der Waals surface area (Å²) >= 11 is 0. The summed E-state index contributed by atoms with van der Waals surface area (Å²) in [7, 11) is 0. The van der Waals surface area contributed by atoms with Gasteiger partial charge in [-0.15, -0.1) is 0 Å². The van der Waals surface area contributed by atoms with E-state index >= 15 is 0 Å². The fraction of sp³-hybridized carbons (Fsp3) is 0.391. The van der Waals surface area contributed by atoms with Crippen LogP contribution in [0.25, 0.3) is 0 Å². The minimum absolute atomic E-state index is 0.0463. The second kappa shape index (κ2) is 7.95. The summed E-state index contributed by atoms with van der Waals surface area (Å²) in [6.45, 7) is 8.30. The second-order valence-electron chi connectivity index (χ2n) is 7.61. The van der Waals surface area contributed by atoms with Crippen molar-refractivity contribution >= 4 is 23.2 Å². The quantitative estimate of drug-likeness (QED) is 0.782. The van der Waals surface area contributed by atoms with Crippen LogP contribution in [0.2, 0.25) is 0 Å². The van der Waals surface area contributed by atoms with Crippen LogP contribution in [0.1, 0.15) is 51.2 Å². The number of anilines is 2. The molecular formula is C23H28N2O2. The molecule has 3 rings (SSSR count). The number of para-hydroxylation sites is 1. The average Bonchev–Trinajstić information content (AvgIpc) is 2.97. The first-order valence-electron chi connectivity index (χ1n) is 9.66. The number of carbonyl (C=O) groups is 2. The Kier molecular flexibility index (Phi) is 5.64. The van der Waals surface area contributed by atoms with Crippen LogP contribution in [0, 0.1) is 0 Å². The molecule has 0 saturated carbocycles. The molecule has 0 saturated heterocycles. The van der Waals surface area contributed by atoms with E-state index in [0.717, 1.165) is 17.8 Å². The van der Waals surface area contributed by atoms with Crippen molar-refractivity contribution in [3.63, 3.8) is 0 Å². The number of hydrogen-bond acceptors (Lipinski definition) is 2. The van der Waals surface area contributed by atoms with E-state index in [2.05, 4.69) is 39.0 Å². The molecule has 4 nitrogen and oxygen atoms in total. The van der Waals surface area contributed by atoms with E-state index in [-0.39, 0.29) is 17.9 Å². The van der Waals surface area contributed by atoms with Gasteiger partial charge in [-0.2, -0.15) is 0 Å². The third-order valence-corrected chi connectivity index (χ3v) is 5.28. The summed E-state index contributed by atoms with van der Waals surface area (Å²) < 4.78 is 0. The van der Waals surface area contributed by atoms with Crippen LogP contribution in [0.4, 0.5) is 11.4 Å². The fourth-order valence-electron chi connectivity index (χ4n) is 3.78. The lowest BCUT2D eigenvalue weighted by molar-refractivity contribution is -0.119. The van der Waals surface area contributed by atoms with Crippen LogP contribution in [-0.2, 0) is 16.0 Å². The highest BCUT2D eigenvalue weighted by molar-refractivity contribution is 5.98.